The van der Waals surface area contributed by atoms with Crippen LogP contribution in [-0.2, 0) is 4.74 Å². The molecule has 0 atom stereocenters. The first kappa shape index (κ1) is 23.7. The summed E-state index contributed by atoms with van der Waals surface area (Å²) < 4.78 is 26.7. The number of aromatic nitrogens is 4. The average molecular weight is 501 g/mol. The number of hydrogen-bond donors (Lipinski definition) is 0. The summed E-state index contributed by atoms with van der Waals surface area (Å²) in [4.78, 5) is 25.0. The molecule has 0 bridgehead atoms. The van der Waals surface area contributed by atoms with Gasteiger partial charge in [0.1, 0.15) is 34.8 Å². The van der Waals surface area contributed by atoms with Gasteiger partial charge in [-0.05, 0) is 58.7 Å². The fraction of sp³-hybridized carbons (Fsp3) is 0.500. The summed E-state index contributed by atoms with van der Waals surface area (Å²) in [7, 11) is 0. The SMILES string of the molecule is CC(C)(C)OC(=O)N1CCN(c2cc(-c3c4cc(OC5(C)CC5)ccc4nn3SF)ncn2)CC1. The van der Waals surface area contributed by atoms with E-state index in [0.29, 0.717) is 48.9 Å². The lowest BCUT2D eigenvalue weighted by Gasteiger charge is -2.36. The van der Waals surface area contributed by atoms with Crippen LogP contribution in [0.15, 0.2) is 30.6 Å². The van der Waals surface area contributed by atoms with Gasteiger partial charge >= 0.3 is 6.09 Å². The predicted octanol–water partition coefficient (Wildman–Crippen LogP) is 4.86. The van der Waals surface area contributed by atoms with Gasteiger partial charge in [0.05, 0.1) is 11.2 Å². The van der Waals surface area contributed by atoms with E-state index < -0.39 is 5.60 Å². The van der Waals surface area contributed by atoms with Crippen LogP contribution in [-0.4, -0.2) is 67.5 Å². The largest absolute Gasteiger partial charge is 0.488 e. The summed E-state index contributed by atoms with van der Waals surface area (Å²) in [6, 6.07) is 7.44. The molecule has 186 valence electrons. The minimum atomic E-state index is -0.531. The summed E-state index contributed by atoms with van der Waals surface area (Å²) >= 11 is 0.0293. The molecule has 3 heterocycles. The van der Waals surface area contributed by atoms with E-state index in [-0.39, 0.29) is 24.0 Å². The number of ether oxygens (including phenoxy) is 2. The maximum atomic E-state index is 13.9. The van der Waals surface area contributed by atoms with Gasteiger partial charge in [0.15, 0.2) is 12.3 Å². The van der Waals surface area contributed by atoms with Crippen molar-refractivity contribution >= 4 is 35.1 Å². The Morgan fingerprint density at radius 2 is 1.86 bits per heavy atom. The van der Waals surface area contributed by atoms with E-state index in [1.165, 1.54) is 10.4 Å². The number of amides is 1. The lowest BCUT2D eigenvalue weighted by molar-refractivity contribution is 0.0240. The molecule has 0 unspecified atom stereocenters. The molecule has 1 saturated heterocycles. The molecule has 2 aliphatic rings. The number of hydrogen-bond acceptors (Lipinski definition) is 8. The summed E-state index contributed by atoms with van der Waals surface area (Å²) in [6.45, 7) is 9.90. The molecule has 1 saturated carbocycles. The summed E-state index contributed by atoms with van der Waals surface area (Å²) in [5.41, 5.74) is 1.12. The lowest BCUT2D eigenvalue weighted by Crippen LogP contribution is -2.50. The minimum absolute atomic E-state index is 0.0293. The van der Waals surface area contributed by atoms with Gasteiger partial charge in [-0.2, -0.15) is 9.19 Å². The van der Waals surface area contributed by atoms with Crippen LogP contribution in [0, 0.1) is 0 Å². The number of piperazine rings is 1. The van der Waals surface area contributed by atoms with Gasteiger partial charge in [0.2, 0.25) is 0 Å². The van der Waals surface area contributed by atoms with Gasteiger partial charge < -0.3 is 19.3 Å². The van der Waals surface area contributed by atoms with Crippen LogP contribution < -0.4 is 9.64 Å². The van der Waals surface area contributed by atoms with Gasteiger partial charge in [-0.1, -0.05) is 0 Å². The molecule has 1 aliphatic carbocycles. The first-order valence-corrected chi connectivity index (χ1v) is 12.4. The molecule has 1 aliphatic heterocycles. The maximum Gasteiger partial charge on any atom is 0.410 e. The number of nitrogens with zero attached hydrogens (tertiary/aromatic N) is 6. The maximum absolute atomic E-state index is 13.9. The zero-order valence-electron chi connectivity index (χ0n) is 20.3. The van der Waals surface area contributed by atoms with Crippen molar-refractivity contribution in [1.29, 1.82) is 0 Å². The first-order chi connectivity index (χ1) is 16.6. The van der Waals surface area contributed by atoms with Gasteiger partial charge in [0.25, 0.3) is 0 Å². The van der Waals surface area contributed by atoms with Crippen LogP contribution in [0.5, 0.6) is 5.75 Å². The summed E-state index contributed by atoms with van der Waals surface area (Å²) in [5, 5.41) is 5.14. The number of benzene rings is 1. The van der Waals surface area contributed by atoms with Crippen LogP contribution in [0.3, 0.4) is 0 Å². The van der Waals surface area contributed by atoms with Crippen molar-refractivity contribution in [3.05, 3.63) is 30.6 Å². The molecule has 2 fully saturated rings. The van der Waals surface area contributed by atoms with Crippen LogP contribution in [0.1, 0.15) is 40.5 Å². The lowest BCUT2D eigenvalue weighted by atomic mass is 10.1. The van der Waals surface area contributed by atoms with Gasteiger partial charge in [0, 0.05) is 37.6 Å². The van der Waals surface area contributed by atoms with E-state index in [2.05, 4.69) is 26.9 Å². The molecule has 3 aromatic rings. The fourth-order valence-corrected chi connectivity index (χ4v) is 4.43. The zero-order chi connectivity index (χ0) is 24.8. The molecule has 5 rings (SSSR count). The Balaban J connectivity index is 1.38. The highest BCUT2D eigenvalue weighted by molar-refractivity contribution is 7.92. The number of carbonyl (C=O) groups is 1. The number of rotatable bonds is 5. The van der Waals surface area contributed by atoms with Crippen molar-refractivity contribution in [2.75, 3.05) is 31.1 Å². The van der Waals surface area contributed by atoms with Crippen molar-refractivity contribution in [3.63, 3.8) is 0 Å². The molecular weight excluding hydrogens is 471 g/mol. The third-order valence-electron chi connectivity index (χ3n) is 6.15. The van der Waals surface area contributed by atoms with E-state index in [1.54, 1.807) is 4.90 Å². The smallest absolute Gasteiger partial charge is 0.410 e. The summed E-state index contributed by atoms with van der Waals surface area (Å²) in [5.74, 6) is 1.44. The molecule has 0 N–H and O–H groups in total. The number of fused-ring (bicyclic) bond motifs is 1. The van der Waals surface area contributed by atoms with Gasteiger partial charge in [-0.25, -0.2) is 14.8 Å². The highest BCUT2D eigenvalue weighted by Gasteiger charge is 2.40. The Morgan fingerprint density at radius 1 is 1.11 bits per heavy atom. The van der Waals surface area contributed by atoms with Crippen molar-refractivity contribution in [2.24, 2.45) is 0 Å². The topological polar surface area (TPSA) is 85.6 Å². The molecule has 35 heavy (non-hydrogen) atoms. The Morgan fingerprint density at radius 3 is 2.51 bits per heavy atom. The normalized spacial score (nSPS) is 17.5. The number of halogens is 1. The van der Waals surface area contributed by atoms with E-state index in [0.717, 1.165) is 24.0 Å². The fourth-order valence-electron chi connectivity index (χ4n) is 4.05. The Bertz CT molecular complexity index is 1250. The molecule has 1 aromatic carbocycles. The van der Waals surface area contributed by atoms with Crippen molar-refractivity contribution in [3.8, 4) is 17.1 Å². The van der Waals surface area contributed by atoms with E-state index >= 15 is 0 Å². The van der Waals surface area contributed by atoms with Crippen molar-refractivity contribution < 1.29 is 18.2 Å². The Hall–Kier alpha value is -3.08. The van der Waals surface area contributed by atoms with E-state index in [1.807, 2.05) is 45.0 Å². The molecule has 2 aromatic heterocycles. The molecular formula is C24H29FN6O3S. The average Bonchev–Trinajstić information content (AvgIpc) is 3.43. The molecule has 0 radical (unpaired) electrons. The second-order valence-electron chi connectivity index (χ2n) is 10.2. The zero-order valence-corrected chi connectivity index (χ0v) is 21.1. The standard InChI is InChI=1S/C24H29FN6O3S/c1-23(2,3)34-22(32)30-11-9-29(10-12-30)20-14-19(26-15-27-20)21-17-13-16(33-24(4)7-8-24)5-6-18(17)28-31(21)35-25/h5-6,13-15H,7-12H2,1-4H3. The molecule has 9 nitrogen and oxygen atoms in total. The van der Waals surface area contributed by atoms with Crippen LogP contribution >= 0.6 is 12.3 Å². The van der Waals surface area contributed by atoms with Crippen molar-refractivity contribution in [2.45, 2.75) is 51.7 Å². The highest BCUT2D eigenvalue weighted by Crippen LogP contribution is 2.41. The third-order valence-corrected chi connectivity index (χ3v) is 6.54. The first-order valence-electron chi connectivity index (χ1n) is 11.7. The van der Waals surface area contributed by atoms with Crippen molar-refractivity contribution in [1.82, 2.24) is 24.1 Å². The second kappa shape index (κ2) is 8.85. The molecule has 1 amide bonds. The van der Waals surface area contributed by atoms with Crippen LogP contribution in [0.4, 0.5) is 14.5 Å². The number of carbonyl (C=O) groups excluding carboxylic acids is 1. The Labute approximate surface area is 208 Å². The molecule has 0 spiro atoms. The predicted molar refractivity (Wildman–Crippen MR) is 133 cm³/mol. The molecule has 11 heteroatoms. The summed E-state index contributed by atoms with van der Waals surface area (Å²) in [6.07, 6.45) is 3.21. The monoisotopic (exact) mass is 500 g/mol. The third kappa shape index (κ3) is 5.14. The van der Waals surface area contributed by atoms with E-state index in [4.69, 9.17) is 9.47 Å². The quantitative estimate of drug-likeness (QED) is 0.491. The minimum Gasteiger partial charge on any atom is -0.488 e. The van der Waals surface area contributed by atoms with E-state index in [9.17, 15) is 8.68 Å². The highest BCUT2D eigenvalue weighted by atomic mass is 32.2. The van der Waals surface area contributed by atoms with Gasteiger partial charge in [-0.15, -0.1) is 3.89 Å². The number of anilines is 1. The second-order valence-corrected chi connectivity index (χ2v) is 10.7. The van der Waals surface area contributed by atoms with Gasteiger partial charge in [-0.3, -0.25) is 0 Å². The van der Waals surface area contributed by atoms with Crippen LogP contribution in [0.2, 0.25) is 0 Å². The van der Waals surface area contributed by atoms with Crippen LogP contribution in [0.25, 0.3) is 22.3 Å². The Kier molecular flexibility index (Phi) is 5.98.